The zero-order valence-corrected chi connectivity index (χ0v) is 20.3. The maximum absolute atomic E-state index is 13.8. The standard InChI is InChI=1S/C25H39FN4O3/c1-16-9-10-18(26)12-21(16)30-15-25(3,4)29(14-23(30)32)13-20(27)22(31)11-17(2)24(33)28-19-7-5-6-8-19/h9-10,12,17,19-20,22,31H,5-8,11,13-15,27H2,1-4H3,(H,28,33)/t17-,20+,22+/m1/s1. The predicted octanol–water partition coefficient (Wildman–Crippen LogP) is 2.33. The molecule has 1 saturated heterocycles. The Bertz CT molecular complexity index is 856. The third-order valence-corrected chi connectivity index (χ3v) is 7.16. The Kier molecular flexibility index (Phi) is 8.13. The van der Waals surface area contributed by atoms with E-state index in [0.717, 1.165) is 31.2 Å². The van der Waals surface area contributed by atoms with Gasteiger partial charge in [0.15, 0.2) is 0 Å². The Morgan fingerprint density at radius 3 is 2.67 bits per heavy atom. The SMILES string of the molecule is Cc1ccc(F)cc1N1CC(C)(C)N(C[C@H](N)[C@@H](O)C[C@@H](C)C(=O)NC2CCCC2)CC1=O. The molecule has 0 spiro atoms. The number of aryl methyl sites for hydroxylation is 1. The first-order valence-electron chi connectivity index (χ1n) is 12.0. The average Bonchev–Trinajstić information content (AvgIpc) is 3.25. The van der Waals surface area contributed by atoms with Crippen LogP contribution in [-0.4, -0.2) is 65.2 Å². The molecule has 3 atom stereocenters. The van der Waals surface area contributed by atoms with Crippen LogP contribution in [0, 0.1) is 18.7 Å². The van der Waals surface area contributed by atoms with Gasteiger partial charge < -0.3 is 21.1 Å². The van der Waals surface area contributed by atoms with Gasteiger partial charge in [-0.1, -0.05) is 25.8 Å². The lowest BCUT2D eigenvalue weighted by Crippen LogP contribution is -2.64. The van der Waals surface area contributed by atoms with Gasteiger partial charge in [-0.05, 0) is 57.7 Å². The summed E-state index contributed by atoms with van der Waals surface area (Å²) in [6, 6.07) is 4.11. The molecular formula is C25H39FN4O3. The summed E-state index contributed by atoms with van der Waals surface area (Å²) in [5, 5.41) is 13.8. The van der Waals surface area contributed by atoms with E-state index in [4.69, 9.17) is 5.73 Å². The molecule has 1 aliphatic carbocycles. The van der Waals surface area contributed by atoms with Crippen LogP contribution in [0.25, 0.3) is 0 Å². The zero-order chi connectivity index (χ0) is 24.3. The minimum atomic E-state index is -0.858. The zero-order valence-electron chi connectivity index (χ0n) is 20.3. The largest absolute Gasteiger partial charge is 0.391 e. The van der Waals surface area contributed by atoms with Crippen molar-refractivity contribution in [2.75, 3.05) is 24.5 Å². The lowest BCUT2D eigenvalue weighted by atomic mass is 9.93. The Morgan fingerprint density at radius 2 is 2.00 bits per heavy atom. The van der Waals surface area contributed by atoms with Gasteiger partial charge in [-0.15, -0.1) is 0 Å². The van der Waals surface area contributed by atoms with E-state index in [1.807, 2.05) is 32.6 Å². The lowest BCUT2D eigenvalue weighted by Gasteiger charge is -2.48. The number of nitrogens with two attached hydrogens (primary N) is 1. The Labute approximate surface area is 196 Å². The van der Waals surface area contributed by atoms with Crippen molar-refractivity contribution >= 4 is 17.5 Å². The fourth-order valence-electron chi connectivity index (χ4n) is 4.88. The second kappa shape index (κ2) is 10.5. The van der Waals surface area contributed by atoms with E-state index in [9.17, 15) is 19.1 Å². The predicted molar refractivity (Wildman–Crippen MR) is 127 cm³/mol. The molecule has 2 amide bonds. The van der Waals surface area contributed by atoms with Crippen molar-refractivity contribution in [3.8, 4) is 0 Å². The highest BCUT2D eigenvalue weighted by Gasteiger charge is 2.40. The van der Waals surface area contributed by atoms with Gasteiger partial charge >= 0.3 is 0 Å². The van der Waals surface area contributed by atoms with Gasteiger partial charge in [-0.2, -0.15) is 0 Å². The number of carbonyl (C=O) groups is 2. The van der Waals surface area contributed by atoms with Crippen molar-refractivity contribution < 1.29 is 19.1 Å². The molecule has 184 valence electrons. The van der Waals surface area contributed by atoms with Gasteiger partial charge in [-0.3, -0.25) is 14.5 Å². The molecule has 2 fully saturated rings. The maximum atomic E-state index is 13.8. The number of halogens is 1. The normalized spacial score (nSPS) is 22.3. The Morgan fingerprint density at radius 1 is 1.33 bits per heavy atom. The van der Waals surface area contributed by atoms with Gasteiger partial charge in [-0.25, -0.2) is 4.39 Å². The number of amides is 2. The highest BCUT2D eigenvalue weighted by Crippen LogP contribution is 2.29. The van der Waals surface area contributed by atoms with Crippen LogP contribution in [0.2, 0.25) is 0 Å². The highest BCUT2D eigenvalue weighted by atomic mass is 19.1. The molecule has 2 aliphatic rings. The summed E-state index contributed by atoms with van der Waals surface area (Å²) < 4.78 is 13.8. The number of hydrogen-bond acceptors (Lipinski definition) is 5. The molecule has 0 radical (unpaired) electrons. The number of carbonyl (C=O) groups excluding carboxylic acids is 2. The van der Waals surface area contributed by atoms with Crippen molar-refractivity contribution in [3.63, 3.8) is 0 Å². The first-order chi connectivity index (χ1) is 15.5. The second-order valence-corrected chi connectivity index (χ2v) is 10.5. The van der Waals surface area contributed by atoms with Gasteiger partial charge in [0.1, 0.15) is 5.82 Å². The van der Waals surface area contributed by atoms with Crippen molar-refractivity contribution in [3.05, 3.63) is 29.6 Å². The molecule has 4 N–H and O–H groups in total. The first kappa shape index (κ1) is 25.6. The number of nitrogens with one attached hydrogen (secondary N) is 1. The molecule has 0 aromatic heterocycles. The van der Waals surface area contributed by atoms with Crippen LogP contribution in [0.5, 0.6) is 0 Å². The number of rotatable bonds is 8. The van der Waals surface area contributed by atoms with Crippen LogP contribution >= 0.6 is 0 Å². The average molecular weight is 463 g/mol. The summed E-state index contributed by atoms with van der Waals surface area (Å²) in [6.07, 6.45) is 3.75. The summed E-state index contributed by atoms with van der Waals surface area (Å²) in [6.45, 7) is 8.54. The summed E-state index contributed by atoms with van der Waals surface area (Å²) in [5.41, 5.74) is 7.32. The minimum Gasteiger partial charge on any atom is -0.391 e. The Balaban J connectivity index is 1.57. The number of benzene rings is 1. The lowest BCUT2D eigenvalue weighted by molar-refractivity contribution is -0.126. The van der Waals surface area contributed by atoms with E-state index in [1.54, 1.807) is 11.0 Å². The monoisotopic (exact) mass is 462 g/mol. The van der Waals surface area contributed by atoms with E-state index in [-0.39, 0.29) is 42.6 Å². The van der Waals surface area contributed by atoms with Gasteiger partial charge in [0.2, 0.25) is 11.8 Å². The molecule has 1 saturated carbocycles. The number of hydrogen-bond donors (Lipinski definition) is 3. The van der Waals surface area contributed by atoms with E-state index in [1.165, 1.54) is 12.1 Å². The molecule has 33 heavy (non-hydrogen) atoms. The number of anilines is 1. The van der Waals surface area contributed by atoms with Crippen LogP contribution in [-0.2, 0) is 9.59 Å². The van der Waals surface area contributed by atoms with E-state index in [2.05, 4.69) is 5.32 Å². The molecule has 1 heterocycles. The molecule has 3 rings (SSSR count). The number of aliphatic hydroxyl groups is 1. The first-order valence-corrected chi connectivity index (χ1v) is 12.0. The fourth-order valence-corrected chi connectivity index (χ4v) is 4.88. The van der Waals surface area contributed by atoms with Crippen LogP contribution in [0.1, 0.15) is 58.4 Å². The van der Waals surface area contributed by atoms with Crippen molar-refractivity contribution in [2.24, 2.45) is 11.7 Å². The smallest absolute Gasteiger partial charge is 0.241 e. The van der Waals surface area contributed by atoms with E-state index >= 15 is 0 Å². The topological polar surface area (TPSA) is 98.9 Å². The fraction of sp³-hybridized carbons (Fsp3) is 0.680. The number of piperazine rings is 1. The summed E-state index contributed by atoms with van der Waals surface area (Å²) in [5.74, 6) is -0.884. The summed E-state index contributed by atoms with van der Waals surface area (Å²) >= 11 is 0. The van der Waals surface area contributed by atoms with Crippen molar-refractivity contribution in [1.29, 1.82) is 0 Å². The van der Waals surface area contributed by atoms with Gasteiger partial charge in [0, 0.05) is 42.3 Å². The number of aliphatic hydroxyl groups excluding tert-OH is 1. The summed E-state index contributed by atoms with van der Waals surface area (Å²) in [7, 11) is 0. The molecule has 0 bridgehead atoms. The summed E-state index contributed by atoms with van der Waals surface area (Å²) in [4.78, 5) is 29.0. The molecule has 1 aliphatic heterocycles. The molecule has 7 nitrogen and oxygen atoms in total. The Hall–Kier alpha value is -2.03. The second-order valence-electron chi connectivity index (χ2n) is 10.5. The van der Waals surface area contributed by atoms with Gasteiger partial charge in [0.25, 0.3) is 0 Å². The third-order valence-electron chi connectivity index (χ3n) is 7.16. The third kappa shape index (κ3) is 6.31. The highest BCUT2D eigenvalue weighted by molar-refractivity contribution is 5.96. The molecule has 1 aromatic carbocycles. The van der Waals surface area contributed by atoms with Crippen LogP contribution in [0.15, 0.2) is 18.2 Å². The molecule has 1 aromatic rings. The molecular weight excluding hydrogens is 423 g/mol. The van der Waals surface area contributed by atoms with Crippen molar-refractivity contribution in [1.82, 2.24) is 10.2 Å². The minimum absolute atomic E-state index is 0.0391. The molecule has 0 unspecified atom stereocenters. The van der Waals surface area contributed by atoms with Crippen LogP contribution < -0.4 is 16.0 Å². The van der Waals surface area contributed by atoms with E-state index in [0.29, 0.717) is 18.8 Å². The maximum Gasteiger partial charge on any atom is 0.241 e. The van der Waals surface area contributed by atoms with E-state index < -0.39 is 17.7 Å². The van der Waals surface area contributed by atoms with Crippen LogP contribution in [0.4, 0.5) is 10.1 Å². The number of nitrogens with zero attached hydrogens (tertiary/aromatic N) is 2. The molecule has 8 heteroatoms. The van der Waals surface area contributed by atoms with Crippen LogP contribution in [0.3, 0.4) is 0 Å². The van der Waals surface area contributed by atoms with Gasteiger partial charge in [0.05, 0.1) is 12.6 Å². The quantitative estimate of drug-likeness (QED) is 0.551. The van der Waals surface area contributed by atoms with Crippen molar-refractivity contribution in [2.45, 2.75) is 83.5 Å².